The summed E-state index contributed by atoms with van der Waals surface area (Å²) >= 11 is 0. The fourth-order valence-corrected chi connectivity index (χ4v) is 3.27. The van der Waals surface area contributed by atoms with Crippen LogP contribution in [0.3, 0.4) is 0 Å². The molecule has 0 atom stereocenters. The van der Waals surface area contributed by atoms with Crippen molar-refractivity contribution in [2.75, 3.05) is 11.5 Å². The number of anilines is 2. The first-order valence-electron chi connectivity index (χ1n) is 8.33. The standard InChI is InChI=1S/C21H20N4/c1-12-6-4-5-7-19(12)25-20-10-15(22)13(2)8-17(20)24-18-9-14(3)16(23)11-21(18)25/h4-11H,1-3H3,(H3,22,23)/p+1. The van der Waals surface area contributed by atoms with Gasteiger partial charge in [-0.25, -0.2) is 4.98 Å². The number of nitrogen functional groups attached to an aromatic ring is 2. The van der Waals surface area contributed by atoms with Crippen LogP contribution in [0.15, 0.2) is 48.5 Å². The molecule has 0 fully saturated rings. The van der Waals surface area contributed by atoms with Gasteiger partial charge < -0.3 is 11.5 Å². The van der Waals surface area contributed by atoms with Crippen LogP contribution in [0.5, 0.6) is 0 Å². The predicted octanol–water partition coefficient (Wildman–Crippen LogP) is 3.75. The highest BCUT2D eigenvalue weighted by atomic mass is 15.0. The highest BCUT2D eigenvalue weighted by Gasteiger charge is 2.22. The highest BCUT2D eigenvalue weighted by Crippen LogP contribution is 2.25. The number of nitrogens with two attached hydrogens (primary N) is 2. The smallest absolute Gasteiger partial charge is 0.239 e. The van der Waals surface area contributed by atoms with E-state index in [2.05, 4.69) is 23.6 Å². The van der Waals surface area contributed by atoms with Gasteiger partial charge in [0.25, 0.3) is 0 Å². The first-order valence-corrected chi connectivity index (χ1v) is 8.33. The summed E-state index contributed by atoms with van der Waals surface area (Å²) in [4.78, 5) is 4.87. The normalized spacial score (nSPS) is 11.3. The Balaban J connectivity index is 2.27. The Hall–Kier alpha value is -3.14. The number of rotatable bonds is 1. The predicted molar refractivity (Wildman–Crippen MR) is 104 cm³/mol. The summed E-state index contributed by atoms with van der Waals surface area (Å²) in [6.07, 6.45) is 0. The van der Waals surface area contributed by atoms with Crippen LogP contribution in [0.1, 0.15) is 16.7 Å². The van der Waals surface area contributed by atoms with E-state index in [1.165, 1.54) is 5.56 Å². The number of aryl methyl sites for hydroxylation is 3. The number of para-hydroxylation sites is 1. The summed E-state index contributed by atoms with van der Waals surface area (Å²) in [5.41, 5.74) is 22.1. The lowest BCUT2D eigenvalue weighted by molar-refractivity contribution is -0.538. The fourth-order valence-electron chi connectivity index (χ4n) is 3.27. The highest BCUT2D eigenvalue weighted by molar-refractivity contribution is 5.87. The topological polar surface area (TPSA) is 68.8 Å². The summed E-state index contributed by atoms with van der Waals surface area (Å²) < 4.78 is 2.21. The fraction of sp³-hybridized carbons (Fsp3) is 0.143. The molecule has 1 heterocycles. The van der Waals surface area contributed by atoms with Crippen LogP contribution in [-0.4, -0.2) is 4.98 Å². The second-order valence-corrected chi connectivity index (χ2v) is 6.63. The van der Waals surface area contributed by atoms with E-state index >= 15 is 0 Å². The average Bonchev–Trinajstić information content (AvgIpc) is 2.57. The molecule has 124 valence electrons. The third-order valence-electron chi connectivity index (χ3n) is 4.81. The van der Waals surface area contributed by atoms with E-state index in [0.717, 1.165) is 50.3 Å². The Morgan fingerprint density at radius 3 is 1.76 bits per heavy atom. The van der Waals surface area contributed by atoms with E-state index in [-0.39, 0.29) is 0 Å². The molecule has 4 N–H and O–H groups in total. The van der Waals surface area contributed by atoms with Crippen molar-refractivity contribution in [1.29, 1.82) is 0 Å². The first-order chi connectivity index (χ1) is 12.0. The lowest BCUT2D eigenvalue weighted by Crippen LogP contribution is -2.34. The average molecular weight is 329 g/mol. The van der Waals surface area contributed by atoms with Crippen molar-refractivity contribution in [3.63, 3.8) is 0 Å². The van der Waals surface area contributed by atoms with E-state index < -0.39 is 0 Å². The van der Waals surface area contributed by atoms with Crippen LogP contribution in [0.25, 0.3) is 27.8 Å². The van der Waals surface area contributed by atoms with Crippen molar-refractivity contribution in [3.8, 4) is 5.69 Å². The molecule has 0 aliphatic rings. The quantitative estimate of drug-likeness (QED) is 0.317. The van der Waals surface area contributed by atoms with Gasteiger partial charge in [0.2, 0.25) is 16.7 Å². The summed E-state index contributed by atoms with van der Waals surface area (Å²) in [6, 6.07) is 16.4. The Kier molecular flexibility index (Phi) is 3.35. The molecular weight excluding hydrogens is 308 g/mol. The first kappa shape index (κ1) is 15.4. The summed E-state index contributed by atoms with van der Waals surface area (Å²) in [6.45, 7) is 6.12. The Bertz CT molecular complexity index is 1080. The van der Waals surface area contributed by atoms with Gasteiger partial charge in [-0.05, 0) is 44.0 Å². The van der Waals surface area contributed by atoms with E-state index in [1.54, 1.807) is 0 Å². The van der Waals surface area contributed by atoms with Crippen LogP contribution in [0, 0.1) is 20.8 Å². The van der Waals surface area contributed by atoms with Gasteiger partial charge in [0.15, 0.2) is 0 Å². The van der Waals surface area contributed by atoms with Gasteiger partial charge in [0.1, 0.15) is 11.0 Å². The monoisotopic (exact) mass is 329 g/mol. The maximum atomic E-state index is 6.20. The zero-order valence-electron chi connectivity index (χ0n) is 14.7. The zero-order chi connectivity index (χ0) is 17.7. The molecule has 4 aromatic rings. The lowest BCUT2D eigenvalue weighted by atomic mass is 10.1. The molecule has 0 aliphatic carbocycles. The summed E-state index contributed by atoms with van der Waals surface area (Å²) in [5.74, 6) is 0. The number of nitrogens with zero attached hydrogens (tertiary/aromatic N) is 2. The van der Waals surface area contributed by atoms with Crippen LogP contribution in [-0.2, 0) is 0 Å². The van der Waals surface area contributed by atoms with Crippen molar-refractivity contribution in [1.82, 2.24) is 4.98 Å². The molecule has 3 aromatic carbocycles. The molecule has 0 amide bonds. The molecular formula is C21H21N4+. The van der Waals surface area contributed by atoms with E-state index in [0.29, 0.717) is 0 Å². The Labute approximate surface area is 146 Å². The second kappa shape index (κ2) is 5.45. The Morgan fingerprint density at radius 2 is 1.24 bits per heavy atom. The molecule has 0 radical (unpaired) electrons. The second-order valence-electron chi connectivity index (χ2n) is 6.63. The minimum Gasteiger partial charge on any atom is -0.398 e. The third-order valence-corrected chi connectivity index (χ3v) is 4.81. The van der Waals surface area contributed by atoms with Gasteiger partial charge in [0.05, 0.1) is 0 Å². The number of benzene rings is 3. The van der Waals surface area contributed by atoms with Gasteiger partial charge in [-0.2, -0.15) is 0 Å². The molecule has 0 unspecified atom stereocenters. The Morgan fingerprint density at radius 1 is 0.720 bits per heavy atom. The van der Waals surface area contributed by atoms with Gasteiger partial charge in [-0.1, -0.05) is 18.2 Å². The number of hydrogen-bond donors (Lipinski definition) is 2. The van der Waals surface area contributed by atoms with Crippen LogP contribution >= 0.6 is 0 Å². The molecule has 25 heavy (non-hydrogen) atoms. The van der Waals surface area contributed by atoms with Crippen LogP contribution < -0.4 is 16.0 Å². The molecule has 4 rings (SSSR count). The molecule has 0 saturated carbocycles. The summed E-state index contributed by atoms with van der Waals surface area (Å²) in [5, 5.41) is 0. The zero-order valence-corrected chi connectivity index (χ0v) is 14.7. The molecule has 4 heteroatoms. The van der Waals surface area contributed by atoms with E-state index in [9.17, 15) is 0 Å². The van der Waals surface area contributed by atoms with Gasteiger partial charge >= 0.3 is 0 Å². The number of hydrogen-bond acceptors (Lipinski definition) is 3. The van der Waals surface area contributed by atoms with Gasteiger partial charge in [-0.15, -0.1) is 4.57 Å². The van der Waals surface area contributed by atoms with E-state index in [1.807, 2.05) is 50.2 Å². The summed E-state index contributed by atoms with van der Waals surface area (Å²) in [7, 11) is 0. The molecule has 1 aromatic heterocycles. The van der Waals surface area contributed by atoms with Crippen molar-refractivity contribution >= 4 is 33.4 Å². The molecule has 4 nitrogen and oxygen atoms in total. The van der Waals surface area contributed by atoms with Gasteiger partial charge in [-0.3, -0.25) is 0 Å². The SMILES string of the molecule is Cc1cc2nc3cc(C)c(N)cc3[n+](-c3ccccc3C)c2cc1N. The molecule has 0 aliphatic heterocycles. The van der Waals surface area contributed by atoms with Gasteiger partial charge in [0, 0.05) is 35.1 Å². The molecule has 0 saturated heterocycles. The molecule has 0 spiro atoms. The van der Waals surface area contributed by atoms with Crippen molar-refractivity contribution in [2.45, 2.75) is 20.8 Å². The number of fused-ring (bicyclic) bond motifs is 2. The largest absolute Gasteiger partial charge is 0.398 e. The van der Waals surface area contributed by atoms with Crippen molar-refractivity contribution < 1.29 is 4.57 Å². The maximum Gasteiger partial charge on any atom is 0.239 e. The minimum absolute atomic E-state index is 0.760. The maximum absolute atomic E-state index is 6.20. The number of aromatic nitrogens is 2. The van der Waals surface area contributed by atoms with Crippen molar-refractivity contribution in [2.24, 2.45) is 0 Å². The van der Waals surface area contributed by atoms with Crippen molar-refractivity contribution in [3.05, 3.63) is 65.2 Å². The van der Waals surface area contributed by atoms with Crippen LogP contribution in [0.2, 0.25) is 0 Å². The molecule has 0 bridgehead atoms. The lowest BCUT2D eigenvalue weighted by Gasteiger charge is -2.10. The minimum atomic E-state index is 0.760. The third kappa shape index (κ3) is 2.38. The van der Waals surface area contributed by atoms with Crippen LogP contribution in [0.4, 0.5) is 11.4 Å². The van der Waals surface area contributed by atoms with E-state index in [4.69, 9.17) is 16.5 Å².